The molecule has 0 fully saturated rings. The summed E-state index contributed by atoms with van der Waals surface area (Å²) in [4.78, 5) is 11.3. The molecule has 0 spiro atoms. The van der Waals surface area contributed by atoms with E-state index >= 15 is 0 Å². The Morgan fingerprint density at radius 3 is 1.82 bits per heavy atom. The first kappa shape index (κ1) is 14.7. The highest BCUT2D eigenvalue weighted by atomic mass is 35.5. The van der Waals surface area contributed by atoms with Gasteiger partial charge in [-0.3, -0.25) is 4.79 Å². The maximum atomic E-state index is 11.3. The van der Waals surface area contributed by atoms with Gasteiger partial charge in [0.05, 0.1) is 36.9 Å². The molecule has 1 aromatic rings. The van der Waals surface area contributed by atoms with E-state index in [4.69, 9.17) is 63.3 Å². The van der Waals surface area contributed by atoms with E-state index in [0.717, 1.165) is 0 Å². The predicted octanol–water partition coefficient (Wildman–Crippen LogP) is 4.81. The van der Waals surface area contributed by atoms with E-state index in [1.807, 2.05) is 0 Å². The van der Waals surface area contributed by atoms with Crippen LogP contribution >= 0.6 is 58.0 Å². The van der Waals surface area contributed by atoms with Crippen molar-refractivity contribution in [2.45, 2.75) is 6.42 Å². The van der Waals surface area contributed by atoms with E-state index in [0.29, 0.717) is 0 Å². The van der Waals surface area contributed by atoms with Gasteiger partial charge in [0.25, 0.3) is 0 Å². The molecule has 8 heteroatoms. The summed E-state index contributed by atoms with van der Waals surface area (Å²) >= 11 is 29.1. The third-order valence-electron chi connectivity index (χ3n) is 1.71. The lowest BCUT2D eigenvalue weighted by atomic mass is 10.3. The molecule has 0 radical (unpaired) electrons. The predicted molar refractivity (Wildman–Crippen MR) is 70.4 cm³/mol. The average Bonchev–Trinajstić information content (AvgIpc) is 2.30. The number of nitrogens with one attached hydrogen (secondary N) is 1. The molecule has 0 aromatic heterocycles. The fraction of sp³-hybridized carbons (Fsp3) is 0.111. The Labute approximate surface area is 122 Å². The van der Waals surface area contributed by atoms with Gasteiger partial charge >= 0.3 is 0 Å². The smallest absolute Gasteiger partial charge is 0.238 e. The van der Waals surface area contributed by atoms with Gasteiger partial charge < -0.3 is 5.32 Å². The zero-order valence-corrected chi connectivity index (χ0v) is 11.7. The molecule has 1 aromatic carbocycles. The molecule has 1 rings (SSSR count). The fourth-order valence-electron chi connectivity index (χ4n) is 0.970. The lowest BCUT2D eigenvalue weighted by Crippen LogP contribution is -2.11. The average molecular weight is 332 g/mol. The number of hydrogen-bond acceptors (Lipinski definition) is 2. The van der Waals surface area contributed by atoms with Crippen LogP contribution in [0.5, 0.6) is 0 Å². The zero-order chi connectivity index (χ0) is 13.2. The van der Waals surface area contributed by atoms with Crippen molar-refractivity contribution in [1.29, 1.82) is 5.26 Å². The number of benzene rings is 1. The molecule has 1 amide bonds. The van der Waals surface area contributed by atoms with Crippen LogP contribution in [0.3, 0.4) is 0 Å². The third kappa shape index (κ3) is 3.09. The van der Waals surface area contributed by atoms with Gasteiger partial charge in [0, 0.05) is 0 Å². The molecule has 3 nitrogen and oxygen atoms in total. The number of halogens is 5. The van der Waals surface area contributed by atoms with Crippen molar-refractivity contribution in [3.05, 3.63) is 25.1 Å². The molecule has 0 aliphatic rings. The third-order valence-corrected chi connectivity index (χ3v) is 3.99. The van der Waals surface area contributed by atoms with Crippen LogP contribution < -0.4 is 5.32 Å². The van der Waals surface area contributed by atoms with Gasteiger partial charge in [-0.1, -0.05) is 58.0 Å². The Hall–Kier alpha value is -0.370. The van der Waals surface area contributed by atoms with Crippen molar-refractivity contribution < 1.29 is 4.79 Å². The van der Waals surface area contributed by atoms with E-state index in [-0.39, 0.29) is 37.2 Å². The van der Waals surface area contributed by atoms with Crippen LogP contribution in [0.15, 0.2) is 0 Å². The maximum Gasteiger partial charge on any atom is 0.238 e. The summed E-state index contributed by atoms with van der Waals surface area (Å²) in [5, 5.41) is 10.6. The van der Waals surface area contributed by atoms with Crippen molar-refractivity contribution in [3.63, 3.8) is 0 Å². The van der Waals surface area contributed by atoms with Crippen molar-refractivity contribution in [3.8, 4) is 6.07 Å². The van der Waals surface area contributed by atoms with Crippen LogP contribution in [0.25, 0.3) is 0 Å². The Balaban J connectivity index is 3.26. The minimum atomic E-state index is -0.578. The van der Waals surface area contributed by atoms with Gasteiger partial charge in [-0.2, -0.15) is 5.26 Å². The van der Waals surface area contributed by atoms with Gasteiger partial charge in [-0.05, 0) is 0 Å². The number of nitriles is 1. The first-order valence-electron chi connectivity index (χ1n) is 4.08. The highest BCUT2D eigenvalue weighted by Gasteiger charge is 2.20. The fourth-order valence-corrected chi connectivity index (χ4v) is 2.20. The van der Waals surface area contributed by atoms with Crippen LogP contribution in [0.1, 0.15) is 6.42 Å². The number of anilines is 1. The van der Waals surface area contributed by atoms with E-state index in [9.17, 15) is 4.79 Å². The highest BCUT2D eigenvalue weighted by Crippen LogP contribution is 2.46. The van der Waals surface area contributed by atoms with Crippen molar-refractivity contribution in [1.82, 2.24) is 0 Å². The second-order valence-electron chi connectivity index (χ2n) is 2.83. The summed E-state index contributed by atoms with van der Waals surface area (Å²) in [6, 6.07) is 1.68. The van der Waals surface area contributed by atoms with Crippen LogP contribution in [0, 0.1) is 11.3 Å². The standard InChI is InChI=1S/C9H3Cl5N2O/c10-4-5(11)7(13)9(8(14)6(4)12)16-3(17)1-2-15/h1H2,(H,16,17). The first-order valence-corrected chi connectivity index (χ1v) is 5.97. The van der Waals surface area contributed by atoms with Crippen LogP contribution in [0.4, 0.5) is 5.69 Å². The zero-order valence-electron chi connectivity index (χ0n) is 7.95. The molecule has 0 aliphatic heterocycles. The van der Waals surface area contributed by atoms with Gasteiger partial charge in [0.15, 0.2) is 0 Å². The normalized spacial score (nSPS) is 9.88. The van der Waals surface area contributed by atoms with Crippen LogP contribution in [0.2, 0.25) is 25.1 Å². The quantitative estimate of drug-likeness (QED) is 0.624. The molecular weight excluding hydrogens is 329 g/mol. The number of nitrogens with zero attached hydrogens (tertiary/aromatic N) is 1. The minimum absolute atomic E-state index is 0.00150. The van der Waals surface area contributed by atoms with Crippen molar-refractivity contribution in [2.75, 3.05) is 5.32 Å². The summed E-state index contributed by atoms with van der Waals surface area (Å²) in [5.74, 6) is -0.578. The lowest BCUT2D eigenvalue weighted by molar-refractivity contribution is -0.115. The Morgan fingerprint density at radius 2 is 1.41 bits per heavy atom. The van der Waals surface area contributed by atoms with Gasteiger partial charge in [0.1, 0.15) is 6.42 Å². The monoisotopic (exact) mass is 330 g/mol. The number of carbonyl (C=O) groups excluding carboxylic acids is 1. The first-order chi connectivity index (χ1) is 7.90. The highest BCUT2D eigenvalue weighted by molar-refractivity contribution is 6.56. The van der Waals surface area contributed by atoms with Crippen molar-refractivity contribution >= 4 is 69.6 Å². The molecule has 0 heterocycles. The second kappa shape index (κ2) is 5.99. The van der Waals surface area contributed by atoms with E-state index in [1.165, 1.54) is 0 Å². The topological polar surface area (TPSA) is 52.9 Å². The summed E-state index contributed by atoms with van der Waals surface area (Å²) in [5.41, 5.74) is 0.0352. The molecule has 0 aliphatic carbocycles. The summed E-state index contributed by atoms with van der Waals surface area (Å²) in [7, 11) is 0. The van der Waals surface area contributed by atoms with Crippen LogP contribution in [-0.4, -0.2) is 5.91 Å². The largest absolute Gasteiger partial charge is 0.323 e. The van der Waals surface area contributed by atoms with E-state index in [1.54, 1.807) is 6.07 Å². The van der Waals surface area contributed by atoms with Gasteiger partial charge in [-0.15, -0.1) is 0 Å². The summed E-state index contributed by atoms with van der Waals surface area (Å²) < 4.78 is 0. The molecular formula is C9H3Cl5N2O. The molecule has 0 unspecified atom stereocenters. The molecule has 1 N–H and O–H groups in total. The van der Waals surface area contributed by atoms with E-state index in [2.05, 4.69) is 5.32 Å². The number of hydrogen-bond donors (Lipinski definition) is 1. The number of carbonyl (C=O) groups is 1. The number of rotatable bonds is 2. The second-order valence-corrected chi connectivity index (χ2v) is 4.72. The lowest BCUT2D eigenvalue weighted by Gasteiger charge is -2.12. The number of amides is 1. The molecule has 0 atom stereocenters. The molecule has 17 heavy (non-hydrogen) atoms. The molecule has 0 saturated carbocycles. The molecule has 0 bridgehead atoms. The molecule has 90 valence electrons. The van der Waals surface area contributed by atoms with E-state index < -0.39 is 5.91 Å². The Kier molecular flexibility index (Phi) is 5.18. The minimum Gasteiger partial charge on any atom is -0.323 e. The molecule has 0 saturated heterocycles. The SMILES string of the molecule is N#CCC(=O)Nc1c(Cl)c(Cl)c(Cl)c(Cl)c1Cl. The van der Waals surface area contributed by atoms with Gasteiger partial charge in [-0.25, -0.2) is 0 Å². The summed E-state index contributed by atoms with van der Waals surface area (Å²) in [6.07, 6.45) is -0.343. The summed E-state index contributed by atoms with van der Waals surface area (Å²) in [6.45, 7) is 0. The Morgan fingerprint density at radius 1 is 1.00 bits per heavy atom. The maximum absolute atomic E-state index is 11.3. The van der Waals surface area contributed by atoms with Crippen LogP contribution in [-0.2, 0) is 4.79 Å². The van der Waals surface area contributed by atoms with Crippen molar-refractivity contribution in [2.24, 2.45) is 0 Å². The van der Waals surface area contributed by atoms with Gasteiger partial charge in [0.2, 0.25) is 5.91 Å². The Bertz CT molecular complexity index is 494.